The molecule has 0 saturated carbocycles. The molecule has 0 radical (unpaired) electrons. The summed E-state index contributed by atoms with van der Waals surface area (Å²) in [5.41, 5.74) is -0.0382. The number of rotatable bonds is 7. The maximum Gasteiger partial charge on any atom is 0.416 e. The zero-order valence-electron chi connectivity index (χ0n) is 12.1. The van der Waals surface area contributed by atoms with Gasteiger partial charge in [0.15, 0.2) is 0 Å². The Morgan fingerprint density at radius 1 is 1.19 bits per heavy atom. The van der Waals surface area contributed by atoms with Gasteiger partial charge >= 0.3 is 6.18 Å². The second kappa shape index (κ2) is 7.26. The summed E-state index contributed by atoms with van der Waals surface area (Å²) in [5, 5.41) is 3.17. The van der Waals surface area contributed by atoms with Gasteiger partial charge in [-0.2, -0.15) is 13.2 Å². The van der Waals surface area contributed by atoms with Crippen molar-refractivity contribution in [1.82, 2.24) is 5.32 Å². The summed E-state index contributed by atoms with van der Waals surface area (Å²) in [7, 11) is -3.10. The Bertz CT molecular complexity index is 538. The molecule has 1 rings (SSSR count). The molecule has 1 atom stereocenters. The summed E-state index contributed by atoms with van der Waals surface area (Å²) >= 11 is 0. The predicted octanol–water partition coefficient (Wildman–Crippen LogP) is 3.18. The molecule has 0 spiro atoms. The van der Waals surface area contributed by atoms with Crippen LogP contribution in [-0.2, 0) is 16.0 Å². The van der Waals surface area contributed by atoms with E-state index in [-0.39, 0.29) is 11.8 Å². The van der Waals surface area contributed by atoms with Crippen molar-refractivity contribution in [3.8, 4) is 0 Å². The number of hydrogen-bond donors (Lipinski definition) is 1. The summed E-state index contributed by atoms with van der Waals surface area (Å²) in [5.74, 6) is -0.00456. The fraction of sp³-hybridized carbons (Fsp3) is 0.571. The molecule has 21 heavy (non-hydrogen) atoms. The van der Waals surface area contributed by atoms with Gasteiger partial charge in [0.2, 0.25) is 0 Å². The van der Waals surface area contributed by atoms with Crippen LogP contribution in [0.25, 0.3) is 0 Å². The molecule has 1 aromatic rings. The van der Waals surface area contributed by atoms with Crippen LogP contribution in [0.2, 0.25) is 0 Å². The monoisotopic (exact) mass is 323 g/mol. The van der Waals surface area contributed by atoms with Gasteiger partial charge in [-0.25, -0.2) is 8.42 Å². The largest absolute Gasteiger partial charge is 0.416 e. The second-order valence-electron chi connectivity index (χ2n) is 5.05. The quantitative estimate of drug-likeness (QED) is 0.838. The van der Waals surface area contributed by atoms with Crippen molar-refractivity contribution >= 4 is 9.84 Å². The fourth-order valence-electron chi connectivity index (χ4n) is 1.94. The topological polar surface area (TPSA) is 46.2 Å². The molecule has 0 heterocycles. The molecule has 0 aromatic heterocycles. The van der Waals surface area contributed by atoms with Crippen molar-refractivity contribution in [2.45, 2.75) is 32.0 Å². The highest BCUT2D eigenvalue weighted by molar-refractivity contribution is 7.90. The lowest BCUT2D eigenvalue weighted by Gasteiger charge is -2.19. The maximum atomic E-state index is 12.5. The molecule has 0 aliphatic carbocycles. The smallest absolute Gasteiger partial charge is 0.310 e. The Balaban J connectivity index is 2.87. The van der Waals surface area contributed by atoms with Crippen molar-refractivity contribution in [3.05, 3.63) is 35.4 Å². The highest BCUT2D eigenvalue weighted by Gasteiger charge is 2.30. The maximum absolute atomic E-state index is 12.5. The molecule has 7 heteroatoms. The number of nitrogens with one attached hydrogen (secondary N) is 1. The lowest BCUT2D eigenvalue weighted by Crippen LogP contribution is -2.24. The first kappa shape index (κ1) is 18.0. The average molecular weight is 323 g/mol. The van der Waals surface area contributed by atoms with Crippen LogP contribution in [0.3, 0.4) is 0 Å². The molecular formula is C14H20F3NO2S. The van der Waals surface area contributed by atoms with Crippen LogP contribution in [-0.4, -0.2) is 27.0 Å². The number of halogens is 3. The van der Waals surface area contributed by atoms with Crippen LogP contribution >= 0.6 is 0 Å². The number of sulfone groups is 1. The van der Waals surface area contributed by atoms with E-state index in [0.29, 0.717) is 18.5 Å². The van der Waals surface area contributed by atoms with Crippen LogP contribution in [0.4, 0.5) is 13.2 Å². The molecule has 1 unspecified atom stereocenters. The van der Waals surface area contributed by atoms with Gasteiger partial charge in [0.25, 0.3) is 0 Å². The Labute approximate surface area is 123 Å². The molecule has 0 amide bonds. The number of hydrogen-bond acceptors (Lipinski definition) is 3. The molecule has 120 valence electrons. The number of benzene rings is 1. The summed E-state index contributed by atoms with van der Waals surface area (Å²) < 4.78 is 60.1. The zero-order valence-corrected chi connectivity index (χ0v) is 12.9. The van der Waals surface area contributed by atoms with Gasteiger partial charge in [-0.05, 0) is 37.1 Å². The minimum Gasteiger partial charge on any atom is -0.310 e. The predicted molar refractivity (Wildman–Crippen MR) is 76.8 cm³/mol. The van der Waals surface area contributed by atoms with Gasteiger partial charge in [-0.15, -0.1) is 0 Å². The Morgan fingerprint density at radius 3 is 2.19 bits per heavy atom. The van der Waals surface area contributed by atoms with Gasteiger partial charge in [-0.1, -0.05) is 19.1 Å². The molecule has 0 saturated heterocycles. The molecular weight excluding hydrogens is 303 g/mol. The van der Waals surface area contributed by atoms with E-state index in [9.17, 15) is 21.6 Å². The Kier molecular flexibility index (Phi) is 6.22. The van der Waals surface area contributed by atoms with E-state index in [4.69, 9.17) is 0 Å². The zero-order chi connectivity index (χ0) is 16.1. The third kappa shape index (κ3) is 6.48. The first-order chi connectivity index (χ1) is 9.63. The summed E-state index contributed by atoms with van der Waals surface area (Å²) in [6.45, 7) is 2.64. The molecule has 3 nitrogen and oxygen atoms in total. The fourth-order valence-corrected chi connectivity index (χ4v) is 2.61. The Morgan fingerprint density at radius 2 is 1.76 bits per heavy atom. The third-order valence-electron chi connectivity index (χ3n) is 3.06. The second-order valence-corrected chi connectivity index (χ2v) is 7.30. The highest BCUT2D eigenvalue weighted by atomic mass is 32.2. The Hall–Kier alpha value is -1.08. The van der Waals surface area contributed by atoms with Crippen LogP contribution < -0.4 is 5.32 Å². The van der Waals surface area contributed by atoms with E-state index in [2.05, 4.69) is 5.32 Å². The van der Waals surface area contributed by atoms with Crippen LogP contribution in [0.15, 0.2) is 24.3 Å². The van der Waals surface area contributed by atoms with Gasteiger partial charge in [0.1, 0.15) is 9.84 Å². The normalized spacial score (nSPS) is 14.1. The van der Waals surface area contributed by atoms with Gasteiger partial charge < -0.3 is 5.32 Å². The van der Waals surface area contributed by atoms with Gasteiger partial charge in [0.05, 0.1) is 11.3 Å². The van der Waals surface area contributed by atoms with E-state index in [0.717, 1.165) is 24.8 Å². The molecule has 1 aromatic carbocycles. The van der Waals surface area contributed by atoms with E-state index in [1.165, 1.54) is 12.1 Å². The van der Waals surface area contributed by atoms with Gasteiger partial charge in [0, 0.05) is 12.3 Å². The van der Waals surface area contributed by atoms with Crippen LogP contribution in [0.5, 0.6) is 0 Å². The molecule has 0 fully saturated rings. The van der Waals surface area contributed by atoms with E-state index < -0.39 is 21.6 Å². The van der Waals surface area contributed by atoms with E-state index in [1.54, 1.807) is 0 Å². The van der Waals surface area contributed by atoms with Gasteiger partial charge in [-0.3, -0.25) is 0 Å². The summed E-state index contributed by atoms with van der Waals surface area (Å²) in [6, 6.07) is 4.59. The van der Waals surface area contributed by atoms with E-state index >= 15 is 0 Å². The first-order valence-corrected chi connectivity index (χ1v) is 8.78. The number of alkyl halides is 3. The SMILES string of the molecule is CCCNC(CCS(C)(=O)=O)c1ccc(C(F)(F)F)cc1. The van der Waals surface area contributed by atoms with Crippen molar-refractivity contribution in [2.75, 3.05) is 18.6 Å². The van der Waals surface area contributed by atoms with Crippen molar-refractivity contribution < 1.29 is 21.6 Å². The molecule has 0 bridgehead atoms. The molecule has 0 aliphatic rings. The average Bonchev–Trinajstić information content (AvgIpc) is 2.37. The highest BCUT2D eigenvalue weighted by Crippen LogP contribution is 2.30. The molecule has 1 N–H and O–H groups in total. The summed E-state index contributed by atoms with van der Waals surface area (Å²) in [4.78, 5) is 0. The third-order valence-corrected chi connectivity index (χ3v) is 4.04. The van der Waals surface area contributed by atoms with Crippen molar-refractivity contribution in [3.63, 3.8) is 0 Å². The van der Waals surface area contributed by atoms with Crippen molar-refractivity contribution in [1.29, 1.82) is 0 Å². The minimum absolute atomic E-state index is 0.00456. The lowest BCUT2D eigenvalue weighted by molar-refractivity contribution is -0.137. The standard InChI is InChI=1S/C14H20F3NO2S/c1-3-9-18-13(8-10-21(2,19)20)11-4-6-12(7-5-11)14(15,16)17/h4-7,13,18H,3,8-10H2,1-2H3. The minimum atomic E-state index is -4.36. The van der Waals surface area contributed by atoms with Crippen molar-refractivity contribution in [2.24, 2.45) is 0 Å². The summed E-state index contributed by atoms with van der Waals surface area (Å²) in [6.07, 6.45) is -2.02. The van der Waals surface area contributed by atoms with Crippen LogP contribution in [0.1, 0.15) is 36.9 Å². The van der Waals surface area contributed by atoms with Crippen LogP contribution in [0, 0.1) is 0 Å². The molecule has 0 aliphatic heterocycles. The van der Waals surface area contributed by atoms with E-state index in [1.807, 2.05) is 6.92 Å². The first-order valence-electron chi connectivity index (χ1n) is 6.71. The lowest BCUT2D eigenvalue weighted by atomic mass is 10.0.